The lowest BCUT2D eigenvalue weighted by Gasteiger charge is -2.35. The number of nitrogen functional groups attached to an aromatic ring is 1. The Morgan fingerprint density at radius 3 is 2.63 bits per heavy atom. The second-order valence-electron chi connectivity index (χ2n) is 5.24. The van der Waals surface area contributed by atoms with Crippen LogP contribution in [0.15, 0.2) is 6.33 Å². The van der Waals surface area contributed by atoms with E-state index in [-0.39, 0.29) is 5.54 Å². The zero-order valence-electron chi connectivity index (χ0n) is 11.7. The van der Waals surface area contributed by atoms with Crippen molar-refractivity contribution in [2.24, 2.45) is 5.84 Å². The van der Waals surface area contributed by atoms with Crippen molar-refractivity contribution in [2.75, 3.05) is 24.0 Å². The Hall–Kier alpha value is -1.40. The highest BCUT2D eigenvalue weighted by molar-refractivity contribution is 5.57. The molecule has 1 fully saturated rings. The normalized spacial score (nSPS) is 18.1. The van der Waals surface area contributed by atoms with Crippen molar-refractivity contribution in [3.8, 4) is 0 Å². The van der Waals surface area contributed by atoms with E-state index >= 15 is 0 Å². The molecule has 0 aromatic carbocycles. The van der Waals surface area contributed by atoms with Crippen molar-refractivity contribution in [1.29, 1.82) is 0 Å². The molecule has 2 heterocycles. The average Bonchev–Trinajstić information content (AvgIpc) is 2.41. The molecule has 1 aromatic heterocycles. The molecule has 106 valence electrons. The molecule has 6 heteroatoms. The van der Waals surface area contributed by atoms with E-state index in [1.54, 1.807) is 6.33 Å². The summed E-state index contributed by atoms with van der Waals surface area (Å²) in [5.74, 6) is 7.12. The minimum atomic E-state index is 0.0287. The van der Waals surface area contributed by atoms with E-state index in [1.807, 2.05) is 0 Å². The molecule has 0 bridgehead atoms. The Morgan fingerprint density at radius 2 is 2.00 bits per heavy atom. The maximum Gasteiger partial charge on any atom is 0.148 e. The maximum atomic E-state index is 5.53. The van der Waals surface area contributed by atoms with Gasteiger partial charge in [-0.1, -0.05) is 13.3 Å². The number of nitrogens with two attached hydrogens (primary N) is 1. The highest BCUT2D eigenvalue weighted by Crippen LogP contribution is 2.28. The van der Waals surface area contributed by atoms with E-state index in [2.05, 4.69) is 34.6 Å². The van der Waals surface area contributed by atoms with E-state index in [9.17, 15) is 0 Å². The Kier molecular flexibility index (Phi) is 4.55. The molecule has 1 saturated heterocycles. The van der Waals surface area contributed by atoms with Crippen LogP contribution < -0.4 is 16.6 Å². The molecule has 19 heavy (non-hydrogen) atoms. The number of hydrogen-bond acceptors (Lipinski definition) is 6. The van der Waals surface area contributed by atoms with Crippen LogP contribution in [0.3, 0.4) is 0 Å². The van der Waals surface area contributed by atoms with Crippen LogP contribution in [0.25, 0.3) is 0 Å². The van der Waals surface area contributed by atoms with Gasteiger partial charge in [-0.3, -0.25) is 0 Å². The summed E-state index contributed by atoms with van der Waals surface area (Å²) in [5.41, 5.74) is 3.74. The quantitative estimate of drug-likeness (QED) is 0.555. The minimum Gasteiger partial charge on any atom is -0.381 e. The summed E-state index contributed by atoms with van der Waals surface area (Å²) >= 11 is 0. The molecular formula is C13H23N5O. The van der Waals surface area contributed by atoms with E-state index in [1.165, 1.54) is 0 Å². The Balaban J connectivity index is 2.23. The fourth-order valence-corrected chi connectivity index (χ4v) is 2.36. The first kappa shape index (κ1) is 14.0. The Bertz CT molecular complexity index is 417. The summed E-state index contributed by atoms with van der Waals surface area (Å²) in [5, 5.41) is 3.56. The minimum absolute atomic E-state index is 0.0287. The van der Waals surface area contributed by atoms with Gasteiger partial charge in [0, 0.05) is 24.3 Å². The van der Waals surface area contributed by atoms with E-state index in [0.29, 0.717) is 5.82 Å². The summed E-state index contributed by atoms with van der Waals surface area (Å²) < 4.78 is 5.42. The molecule has 0 aliphatic carbocycles. The third kappa shape index (κ3) is 3.33. The summed E-state index contributed by atoms with van der Waals surface area (Å²) in [4.78, 5) is 8.57. The van der Waals surface area contributed by atoms with Crippen molar-refractivity contribution in [1.82, 2.24) is 9.97 Å². The van der Waals surface area contributed by atoms with Gasteiger partial charge in [0.05, 0.1) is 0 Å². The molecular weight excluding hydrogens is 242 g/mol. The SMILES string of the molecule is CCCc1c(NN)ncnc1NC1(C)CCOCC1. The van der Waals surface area contributed by atoms with Gasteiger partial charge in [-0.15, -0.1) is 0 Å². The molecule has 0 unspecified atom stereocenters. The molecule has 0 atom stereocenters. The van der Waals surface area contributed by atoms with Gasteiger partial charge in [0.2, 0.25) is 0 Å². The lowest BCUT2D eigenvalue weighted by atomic mass is 9.92. The van der Waals surface area contributed by atoms with Crippen LogP contribution in [-0.2, 0) is 11.2 Å². The zero-order valence-corrected chi connectivity index (χ0v) is 11.7. The molecule has 0 amide bonds. The van der Waals surface area contributed by atoms with Crippen LogP contribution in [0.2, 0.25) is 0 Å². The molecule has 4 N–H and O–H groups in total. The first-order valence-electron chi connectivity index (χ1n) is 6.85. The summed E-state index contributed by atoms with van der Waals surface area (Å²) in [7, 11) is 0. The van der Waals surface area contributed by atoms with Crippen molar-refractivity contribution in [3.05, 3.63) is 11.9 Å². The van der Waals surface area contributed by atoms with Crippen LogP contribution >= 0.6 is 0 Å². The monoisotopic (exact) mass is 265 g/mol. The van der Waals surface area contributed by atoms with Gasteiger partial charge in [-0.25, -0.2) is 15.8 Å². The highest BCUT2D eigenvalue weighted by Gasteiger charge is 2.28. The number of anilines is 2. The van der Waals surface area contributed by atoms with Crippen LogP contribution in [-0.4, -0.2) is 28.7 Å². The number of nitrogens with zero attached hydrogens (tertiary/aromatic N) is 2. The van der Waals surface area contributed by atoms with Crippen LogP contribution in [0.5, 0.6) is 0 Å². The molecule has 0 saturated carbocycles. The Labute approximate surface area is 114 Å². The summed E-state index contributed by atoms with van der Waals surface area (Å²) in [6, 6.07) is 0. The molecule has 6 nitrogen and oxygen atoms in total. The van der Waals surface area contributed by atoms with Crippen LogP contribution in [0, 0.1) is 0 Å². The van der Waals surface area contributed by atoms with Gasteiger partial charge < -0.3 is 15.5 Å². The van der Waals surface area contributed by atoms with E-state index < -0.39 is 0 Å². The average molecular weight is 265 g/mol. The molecule has 1 aliphatic rings. The second-order valence-corrected chi connectivity index (χ2v) is 5.24. The van der Waals surface area contributed by atoms with E-state index in [4.69, 9.17) is 10.6 Å². The third-order valence-corrected chi connectivity index (χ3v) is 3.60. The topological polar surface area (TPSA) is 85.1 Å². The smallest absolute Gasteiger partial charge is 0.148 e. The van der Waals surface area contributed by atoms with Gasteiger partial charge in [-0.05, 0) is 26.2 Å². The molecule has 0 radical (unpaired) electrons. The standard InChI is InChI=1S/C13H23N5O/c1-3-4-10-11(15-9-16-12(10)18-14)17-13(2)5-7-19-8-6-13/h9H,3-8,14H2,1-2H3,(H2,15,16,17,18). The molecule has 1 aromatic rings. The summed E-state index contributed by atoms with van der Waals surface area (Å²) in [6.07, 6.45) is 5.42. The van der Waals surface area contributed by atoms with Crippen molar-refractivity contribution in [2.45, 2.75) is 45.1 Å². The number of hydrogen-bond donors (Lipinski definition) is 3. The summed E-state index contributed by atoms with van der Waals surface area (Å²) in [6.45, 7) is 5.93. The highest BCUT2D eigenvalue weighted by atomic mass is 16.5. The number of rotatable bonds is 5. The van der Waals surface area contributed by atoms with Crippen LogP contribution in [0.1, 0.15) is 38.7 Å². The van der Waals surface area contributed by atoms with Gasteiger partial charge in [-0.2, -0.15) is 0 Å². The second kappa shape index (κ2) is 6.16. The van der Waals surface area contributed by atoms with Gasteiger partial charge in [0.15, 0.2) is 0 Å². The van der Waals surface area contributed by atoms with Crippen molar-refractivity contribution < 1.29 is 4.74 Å². The third-order valence-electron chi connectivity index (χ3n) is 3.60. The fourth-order valence-electron chi connectivity index (χ4n) is 2.36. The maximum absolute atomic E-state index is 5.53. The van der Waals surface area contributed by atoms with Crippen molar-refractivity contribution in [3.63, 3.8) is 0 Å². The largest absolute Gasteiger partial charge is 0.381 e. The number of nitrogens with one attached hydrogen (secondary N) is 2. The first-order chi connectivity index (χ1) is 9.18. The predicted octanol–water partition coefficient (Wildman–Crippen LogP) is 1.70. The van der Waals surface area contributed by atoms with Gasteiger partial charge in [0.25, 0.3) is 0 Å². The Morgan fingerprint density at radius 1 is 1.32 bits per heavy atom. The van der Waals surface area contributed by atoms with Crippen LogP contribution in [0.4, 0.5) is 11.6 Å². The predicted molar refractivity (Wildman–Crippen MR) is 75.9 cm³/mol. The fraction of sp³-hybridized carbons (Fsp3) is 0.692. The number of hydrazine groups is 1. The molecule has 2 rings (SSSR count). The zero-order chi connectivity index (χ0) is 13.7. The lowest BCUT2D eigenvalue weighted by Crippen LogP contribution is -2.41. The molecule has 0 spiro atoms. The molecule has 1 aliphatic heterocycles. The van der Waals surface area contributed by atoms with Gasteiger partial charge >= 0.3 is 0 Å². The van der Waals surface area contributed by atoms with Crippen molar-refractivity contribution >= 4 is 11.6 Å². The van der Waals surface area contributed by atoms with Gasteiger partial charge in [0.1, 0.15) is 18.0 Å². The first-order valence-corrected chi connectivity index (χ1v) is 6.85. The number of aromatic nitrogens is 2. The van der Waals surface area contributed by atoms with E-state index in [0.717, 1.165) is 50.3 Å². The lowest BCUT2D eigenvalue weighted by molar-refractivity contribution is 0.0657. The number of ether oxygens (including phenoxy) is 1.